The Morgan fingerprint density at radius 1 is 0.622 bits per heavy atom. The molecule has 0 saturated heterocycles. The lowest BCUT2D eigenvalue weighted by atomic mass is 9.77. The second-order valence-electron chi connectivity index (χ2n) is 10.8. The van der Waals surface area contributed by atoms with Gasteiger partial charge < -0.3 is 70.4 Å². The highest BCUT2D eigenvalue weighted by Gasteiger charge is 2.46. The lowest BCUT2D eigenvalue weighted by molar-refractivity contribution is 0.00106. The Balaban J connectivity index is 1.55. The monoisotopic (exact) mass is 624 g/mol. The molecule has 0 bridgehead atoms. The van der Waals surface area contributed by atoms with Crippen molar-refractivity contribution < 1.29 is 70.4 Å². The van der Waals surface area contributed by atoms with E-state index in [0.29, 0.717) is 0 Å². The largest absolute Gasteiger partial charge is 0.508 e. The van der Waals surface area contributed by atoms with Gasteiger partial charge in [-0.1, -0.05) is 0 Å². The molecule has 0 aliphatic carbocycles. The highest BCUT2D eigenvalue weighted by Crippen LogP contribution is 2.57. The first-order chi connectivity index (χ1) is 21.3. The molecule has 2 aliphatic rings. The van der Waals surface area contributed by atoms with E-state index in [0.717, 1.165) is 30.3 Å². The van der Waals surface area contributed by atoms with Crippen LogP contribution in [0.4, 0.5) is 0 Å². The van der Waals surface area contributed by atoms with Gasteiger partial charge in [-0.15, -0.1) is 0 Å². The van der Waals surface area contributed by atoms with Crippen molar-refractivity contribution in [3.63, 3.8) is 0 Å². The number of aliphatic hydroxyl groups excluding tert-OH is 2. The summed E-state index contributed by atoms with van der Waals surface area (Å²) < 4.78 is 17.0. The SMILES string of the molecule is COc1c(O)cc([C@H]2Oc3c(c(O)cc(O)c3[C@H]3c4c(O)cc(O)cc4O[C@H](c4cc(O)c(O)c(O)c4)[C@@H]3O)C[C@@H]2O)cc1O. The van der Waals surface area contributed by atoms with Gasteiger partial charge in [-0.3, -0.25) is 0 Å². The number of phenolic OH excluding ortho intramolecular Hbond substituents is 9. The molecule has 6 rings (SSSR count). The Kier molecular flexibility index (Phi) is 6.90. The first-order valence-electron chi connectivity index (χ1n) is 13.5. The molecule has 2 heterocycles. The second kappa shape index (κ2) is 10.5. The number of aromatic hydroxyl groups is 9. The Bertz CT molecular complexity index is 1790. The quantitative estimate of drug-likeness (QED) is 0.146. The van der Waals surface area contributed by atoms with Gasteiger partial charge in [0.25, 0.3) is 0 Å². The van der Waals surface area contributed by atoms with Gasteiger partial charge in [0.15, 0.2) is 41.0 Å². The van der Waals surface area contributed by atoms with Crippen molar-refractivity contribution in [1.29, 1.82) is 0 Å². The second-order valence-corrected chi connectivity index (χ2v) is 10.8. The van der Waals surface area contributed by atoms with E-state index in [2.05, 4.69) is 0 Å². The van der Waals surface area contributed by atoms with Crippen molar-refractivity contribution in [2.24, 2.45) is 0 Å². The predicted octanol–water partition coefficient (Wildman–Crippen LogP) is 2.71. The fourth-order valence-electron chi connectivity index (χ4n) is 6.06. The van der Waals surface area contributed by atoms with Crippen LogP contribution in [0, 0.1) is 0 Å². The summed E-state index contributed by atoms with van der Waals surface area (Å²) in [6.45, 7) is 0. The maximum absolute atomic E-state index is 11.8. The standard InChI is InChI=1S/C31H28O14/c1-43-31-19(38)4-10(5-20(31)39)28-21(40)8-13-14(33)9-16(35)24(30(13)45-28)25-23-15(34)6-12(32)7-22(23)44-29(27(25)42)11-2-17(36)26(41)18(37)3-11/h2-7,9,21,25,27-29,32-42H,8H2,1H3/t21-,25+,27+,28+,29+/m0/s1. The molecule has 0 aromatic heterocycles. The zero-order valence-electron chi connectivity index (χ0n) is 23.3. The molecule has 0 amide bonds. The first-order valence-corrected chi connectivity index (χ1v) is 13.5. The molecule has 4 aromatic rings. The summed E-state index contributed by atoms with van der Waals surface area (Å²) in [4.78, 5) is 0. The van der Waals surface area contributed by atoms with Crippen LogP contribution in [0.25, 0.3) is 0 Å². The Morgan fingerprint density at radius 3 is 1.82 bits per heavy atom. The molecule has 5 atom stereocenters. The number of benzene rings is 4. The van der Waals surface area contributed by atoms with E-state index in [-0.39, 0.29) is 51.5 Å². The molecule has 14 nitrogen and oxygen atoms in total. The van der Waals surface area contributed by atoms with E-state index in [9.17, 15) is 56.2 Å². The number of rotatable bonds is 4. The molecule has 2 aliphatic heterocycles. The molecule has 0 unspecified atom stereocenters. The van der Waals surface area contributed by atoms with E-state index in [1.165, 1.54) is 19.2 Å². The van der Waals surface area contributed by atoms with Crippen molar-refractivity contribution in [1.82, 2.24) is 0 Å². The lowest BCUT2D eigenvalue weighted by Crippen LogP contribution is -2.36. The number of hydrogen-bond donors (Lipinski definition) is 11. The molecule has 0 spiro atoms. The van der Waals surface area contributed by atoms with Crippen LogP contribution in [-0.4, -0.2) is 75.5 Å². The summed E-state index contributed by atoms with van der Waals surface area (Å²) in [5, 5.41) is 117. The molecule has 0 saturated carbocycles. The molecule has 11 N–H and O–H groups in total. The summed E-state index contributed by atoms with van der Waals surface area (Å²) in [5.41, 5.74) is -0.232. The molecule has 4 aromatic carbocycles. The van der Waals surface area contributed by atoms with Crippen molar-refractivity contribution >= 4 is 0 Å². The highest BCUT2D eigenvalue weighted by atomic mass is 16.5. The molecule has 0 fully saturated rings. The smallest absolute Gasteiger partial charge is 0.202 e. The van der Waals surface area contributed by atoms with E-state index in [1.807, 2.05) is 0 Å². The van der Waals surface area contributed by atoms with Crippen molar-refractivity contribution in [2.45, 2.75) is 36.8 Å². The summed E-state index contributed by atoms with van der Waals surface area (Å²) in [6, 6.07) is 7.47. The van der Waals surface area contributed by atoms with Crippen LogP contribution >= 0.6 is 0 Å². The number of phenols is 9. The minimum atomic E-state index is -1.74. The topological polar surface area (TPSA) is 250 Å². The van der Waals surface area contributed by atoms with Gasteiger partial charge in [-0.25, -0.2) is 0 Å². The average molecular weight is 625 g/mol. The fourth-order valence-corrected chi connectivity index (χ4v) is 6.06. The van der Waals surface area contributed by atoms with E-state index in [4.69, 9.17) is 14.2 Å². The minimum Gasteiger partial charge on any atom is -0.508 e. The third-order valence-corrected chi connectivity index (χ3v) is 8.04. The van der Waals surface area contributed by atoms with Gasteiger partial charge in [-0.05, 0) is 24.3 Å². The van der Waals surface area contributed by atoms with Crippen LogP contribution in [0.2, 0.25) is 0 Å². The normalized spacial score (nSPS) is 22.1. The van der Waals surface area contributed by atoms with Crippen LogP contribution < -0.4 is 14.2 Å². The predicted molar refractivity (Wildman–Crippen MR) is 152 cm³/mol. The molecule has 14 heteroatoms. The zero-order valence-corrected chi connectivity index (χ0v) is 23.3. The van der Waals surface area contributed by atoms with Gasteiger partial charge >= 0.3 is 0 Å². The van der Waals surface area contributed by atoms with Gasteiger partial charge in [0.2, 0.25) is 5.75 Å². The average Bonchev–Trinajstić information content (AvgIpc) is 2.96. The molecular weight excluding hydrogens is 596 g/mol. The molecule has 45 heavy (non-hydrogen) atoms. The highest BCUT2D eigenvalue weighted by molar-refractivity contribution is 5.66. The van der Waals surface area contributed by atoms with E-state index >= 15 is 0 Å². The maximum atomic E-state index is 11.8. The van der Waals surface area contributed by atoms with Crippen LogP contribution in [0.5, 0.6) is 69.0 Å². The third-order valence-electron chi connectivity index (χ3n) is 8.04. The fraction of sp³-hybridized carbons (Fsp3) is 0.226. The van der Waals surface area contributed by atoms with Gasteiger partial charge in [0.1, 0.15) is 40.6 Å². The summed E-state index contributed by atoms with van der Waals surface area (Å²) >= 11 is 0. The number of hydrogen-bond acceptors (Lipinski definition) is 14. The number of aliphatic hydroxyl groups is 2. The lowest BCUT2D eigenvalue weighted by Gasteiger charge is -2.40. The Labute approximate surface area is 253 Å². The molecular formula is C31H28O14. The third kappa shape index (κ3) is 4.67. The molecule has 236 valence electrons. The number of ether oxygens (including phenoxy) is 3. The van der Waals surface area contributed by atoms with Gasteiger partial charge in [0, 0.05) is 52.4 Å². The minimum absolute atomic E-state index is 0.0171. The van der Waals surface area contributed by atoms with Crippen LogP contribution in [0.1, 0.15) is 45.9 Å². The summed E-state index contributed by atoms with van der Waals surface area (Å²) in [5.74, 6) is -7.33. The maximum Gasteiger partial charge on any atom is 0.202 e. The van der Waals surface area contributed by atoms with Crippen LogP contribution in [-0.2, 0) is 6.42 Å². The van der Waals surface area contributed by atoms with E-state index in [1.54, 1.807) is 0 Å². The molecule has 0 radical (unpaired) electrons. The Morgan fingerprint density at radius 2 is 1.20 bits per heavy atom. The van der Waals surface area contributed by atoms with Gasteiger partial charge in [-0.2, -0.15) is 0 Å². The van der Waals surface area contributed by atoms with Crippen LogP contribution in [0.15, 0.2) is 42.5 Å². The Hall–Kier alpha value is -5.60. The van der Waals surface area contributed by atoms with Crippen molar-refractivity contribution in [3.8, 4) is 69.0 Å². The first kappa shape index (κ1) is 29.5. The number of fused-ring (bicyclic) bond motifs is 2. The van der Waals surface area contributed by atoms with Gasteiger partial charge in [0.05, 0.1) is 19.1 Å². The zero-order chi connectivity index (χ0) is 32.5. The van der Waals surface area contributed by atoms with Crippen molar-refractivity contribution in [3.05, 3.63) is 70.3 Å². The summed E-state index contributed by atoms with van der Waals surface area (Å²) in [6.07, 6.45) is -6.10. The van der Waals surface area contributed by atoms with Crippen molar-refractivity contribution in [2.75, 3.05) is 7.11 Å². The van der Waals surface area contributed by atoms with E-state index < -0.39 is 82.1 Å². The summed E-state index contributed by atoms with van der Waals surface area (Å²) in [7, 11) is 1.23. The number of methoxy groups -OCH3 is 1. The van der Waals surface area contributed by atoms with Crippen LogP contribution in [0.3, 0.4) is 0 Å².